The van der Waals surface area contributed by atoms with Crippen molar-refractivity contribution in [2.24, 2.45) is 0 Å². The Labute approximate surface area is 198 Å². The minimum Gasteiger partial charge on any atom is -0.0787 e. The highest BCUT2D eigenvalue weighted by Crippen LogP contribution is 2.49. The molecule has 0 amide bonds. The Bertz CT molecular complexity index is 1440. The van der Waals surface area contributed by atoms with Crippen LogP contribution in [-0.2, 0) is 0 Å². The molecule has 4 aromatic carbocycles. The van der Waals surface area contributed by atoms with Gasteiger partial charge in [-0.3, -0.25) is 0 Å². The quantitative estimate of drug-likeness (QED) is 0.232. The summed E-state index contributed by atoms with van der Waals surface area (Å²) in [4.78, 5) is 0. The van der Waals surface area contributed by atoms with Gasteiger partial charge in [0.2, 0.25) is 0 Å². The molecule has 0 atom stereocenters. The fourth-order valence-corrected chi connectivity index (χ4v) is 8.28. The fraction of sp³-hybridized carbons (Fsp3) is 0.333. The lowest BCUT2D eigenvalue weighted by atomic mass is 10.0. The minimum atomic E-state index is 0.522. The standard InChI is InChI=1S/C30H32S2/c1-15(2)21-11-9-17(5)25-23(13-21)19(7)27-28-20(8)24-14-22(16(3)4)12-10-18(6)26(24)30(28)32-31-29(25)27/h9-16H,1-8H3. The van der Waals surface area contributed by atoms with E-state index in [1.54, 1.807) is 0 Å². The Morgan fingerprint density at radius 2 is 0.906 bits per heavy atom. The maximum Gasteiger partial charge on any atom is 0.0540 e. The van der Waals surface area contributed by atoms with E-state index in [0.29, 0.717) is 11.8 Å². The highest BCUT2D eigenvalue weighted by molar-refractivity contribution is 7.74. The van der Waals surface area contributed by atoms with Crippen LogP contribution in [0.15, 0.2) is 36.4 Å². The van der Waals surface area contributed by atoms with Gasteiger partial charge in [0.1, 0.15) is 0 Å². The molecule has 5 aromatic rings. The van der Waals surface area contributed by atoms with Crippen molar-refractivity contribution in [1.82, 2.24) is 0 Å². The SMILES string of the molecule is Cc1ccc(C(C)C)cc2c(C)c3c(ssc4c5c(C)ccc(C(C)C)cc5c(C)c43)c12. The minimum absolute atomic E-state index is 0.522. The first kappa shape index (κ1) is 21.7. The van der Waals surface area contributed by atoms with Crippen molar-refractivity contribution in [2.75, 3.05) is 0 Å². The van der Waals surface area contributed by atoms with E-state index in [0.717, 1.165) is 0 Å². The molecule has 0 fully saturated rings. The second-order valence-electron chi connectivity index (χ2n) is 10.0. The third kappa shape index (κ3) is 3.07. The van der Waals surface area contributed by atoms with E-state index >= 15 is 0 Å². The van der Waals surface area contributed by atoms with Crippen molar-refractivity contribution in [3.8, 4) is 0 Å². The van der Waals surface area contributed by atoms with Crippen molar-refractivity contribution >= 4 is 62.4 Å². The normalized spacial score (nSPS) is 12.3. The Balaban J connectivity index is 2.04. The first-order valence-corrected chi connectivity index (χ1v) is 13.8. The van der Waals surface area contributed by atoms with Crippen molar-refractivity contribution in [3.63, 3.8) is 0 Å². The molecule has 2 heteroatoms. The summed E-state index contributed by atoms with van der Waals surface area (Å²) in [7, 11) is 3.93. The van der Waals surface area contributed by atoms with Gasteiger partial charge in [0.15, 0.2) is 0 Å². The molecule has 0 saturated heterocycles. The molecule has 0 nitrogen and oxygen atoms in total. The molecule has 32 heavy (non-hydrogen) atoms. The van der Waals surface area contributed by atoms with Gasteiger partial charge in [0.25, 0.3) is 0 Å². The van der Waals surface area contributed by atoms with Gasteiger partial charge in [-0.25, -0.2) is 0 Å². The molecule has 0 N–H and O–H groups in total. The Morgan fingerprint density at radius 1 is 0.531 bits per heavy atom. The molecule has 164 valence electrons. The van der Waals surface area contributed by atoms with Crippen molar-refractivity contribution < 1.29 is 0 Å². The van der Waals surface area contributed by atoms with Gasteiger partial charge < -0.3 is 0 Å². The van der Waals surface area contributed by atoms with E-state index < -0.39 is 0 Å². The average molecular weight is 457 g/mol. The van der Waals surface area contributed by atoms with Crippen LogP contribution in [0.25, 0.3) is 41.7 Å². The molecule has 1 heterocycles. The maximum absolute atomic E-state index is 2.45. The van der Waals surface area contributed by atoms with Crippen LogP contribution < -0.4 is 0 Å². The first-order chi connectivity index (χ1) is 15.2. The van der Waals surface area contributed by atoms with Crippen LogP contribution in [-0.4, -0.2) is 0 Å². The zero-order valence-corrected chi connectivity index (χ0v) is 22.1. The van der Waals surface area contributed by atoms with Crippen LogP contribution in [0.5, 0.6) is 0 Å². The smallest absolute Gasteiger partial charge is 0.0540 e. The third-order valence-electron chi connectivity index (χ3n) is 7.26. The van der Waals surface area contributed by atoms with E-state index in [4.69, 9.17) is 0 Å². The van der Waals surface area contributed by atoms with Crippen molar-refractivity contribution in [2.45, 2.75) is 67.2 Å². The van der Waals surface area contributed by atoms with E-state index in [1.807, 2.05) is 20.7 Å². The second kappa shape index (κ2) is 7.71. The highest BCUT2D eigenvalue weighted by atomic mass is 32.9. The van der Waals surface area contributed by atoms with Gasteiger partial charge in [0.05, 0.1) is 9.40 Å². The van der Waals surface area contributed by atoms with E-state index in [9.17, 15) is 0 Å². The summed E-state index contributed by atoms with van der Waals surface area (Å²) in [6.07, 6.45) is 0. The van der Waals surface area contributed by atoms with Crippen LogP contribution in [0.4, 0.5) is 0 Å². The van der Waals surface area contributed by atoms with Crippen LogP contribution in [0.3, 0.4) is 0 Å². The number of hydrogen-bond donors (Lipinski definition) is 0. The highest BCUT2D eigenvalue weighted by Gasteiger charge is 2.20. The van der Waals surface area contributed by atoms with Crippen molar-refractivity contribution in [1.29, 1.82) is 0 Å². The van der Waals surface area contributed by atoms with Crippen molar-refractivity contribution in [3.05, 3.63) is 69.8 Å². The van der Waals surface area contributed by atoms with Crippen LogP contribution in [0.1, 0.15) is 72.9 Å². The van der Waals surface area contributed by atoms with Gasteiger partial charge in [-0.05, 0) is 83.7 Å². The summed E-state index contributed by atoms with van der Waals surface area (Å²) < 4.78 is 2.92. The summed E-state index contributed by atoms with van der Waals surface area (Å²) in [6.45, 7) is 18.4. The zero-order valence-electron chi connectivity index (χ0n) is 20.4. The van der Waals surface area contributed by atoms with Gasteiger partial charge in [-0.15, -0.1) is 0 Å². The molecule has 0 unspecified atom stereocenters. The molecule has 0 aliphatic rings. The lowest BCUT2D eigenvalue weighted by molar-refractivity contribution is 0.869. The molecular formula is C30H32S2. The molecule has 0 saturated carbocycles. The van der Waals surface area contributed by atoms with Gasteiger partial charge >= 0.3 is 0 Å². The average Bonchev–Trinajstić information content (AvgIpc) is 2.99. The lowest BCUT2D eigenvalue weighted by Gasteiger charge is -2.02. The number of rotatable bonds is 2. The molecule has 5 rings (SSSR count). The summed E-state index contributed by atoms with van der Waals surface area (Å²) >= 11 is 0. The zero-order chi connectivity index (χ0) is 22.9. The van der Waals surface area contributed by atoms with E-state index in [-0.39, 0.29) is 0 Å². The van der Waals surface area contributed by atoms with Crippen LogP contribution in [0, 0.1) is 27.7 Å². The predicted octanol–water partition coefficient (Wildman–Crippen LogP) is 10.5. The first-order valence-electron chi connectivity index (χ1n) is 11.7. The topological polar surface area (TPSA) is 0 Å². The number of aryl methyl sites for hydroxylation is 4. The Morgan fingerprint density at radius 3 is 1.25 bits per heavy atom. The Kier molecular flexibility index (Phi) is 5.22. The summed E-state index contributed by atoms with van der Waals surface area (Å²) in [5.74, 6) is 1.04. The molecule has 0 radical (unpaired) electrons. The maximum atomic E-state index is 2.45. The van der Waals surface area contributed by atoms with Gasteiger partial charge in [0, 0.05) is 21.5 Å². The van der Waals surface area contributed by atoms with Gasteiger partial charge in [-0.1, -0.05) is 84.8 Å². The molecule has 0 aliphatic heterocycles. The van der Waals surface area contributed by atoms with Gasteiger partial charge in [-0.2, -0.15) is 0 Å². The number of fused-ring (bicyclic) bond motifs is 7. The molecule has 1 aromatic heterocycles. The second-order valence-corrected chi connectivity index (χ2v) is 12.2. The largest absolute Gasteiger partial charge is 0.0787 e. The van der Waals surface area contributed by atoms with E-state index in [1.165, 1.54) is 75.1 Å². The molecule has 0 bridgehead atoms. The van der Waals surface area contributed by atoms with E-state index in [2.05, 4.69) is 91.8 Å². The van der Waals surface area contributed by atoms with Crippen LogP contribution in [0.2, 0.25) is 0 Å². The Hall–Kier alpha value is -2.16. The summed E-state index contributed by atoms with van der Waals surface area (Å²) in [5.41, 5.74) is 8.47. The predicted molar refractivity (Wildman–Crippen MR) is 148 cm³/mol. The lowest BCUT2D eigenvalue weighted by Crippen LogP contribution is -1.83. The molecule has 0 spiro atoms. The molecule has 0 aliphatic carbocycles. The fourth-order valence-electron chi connectivity index (χ4n) is 5.23. The summed E-state index contributed by atoms with van der Waals surface area (Å²) in [6, 6.07) is 14.2. The number of hydrogen-bond acceptors (Lipinski definition) is 2. The monoisotopic (exact) mass is 456 g/mol. The van der Waals surface area contributed by atoms with Crippen LogP contribution >= 0.6 is 20.7 Å². The third-order valence-corrected chi connectivity index (χ3v) is 9.74. The summed E-state index contributed by atoms with van der Waals surface area (Å²) in [5, 5.41) is 8.70. The molecular weight excluding hydrogens is 424 g/mol.